The summed E-state index contributed by atoms with van der Waals surface area (Å²) in [7, 11) is 0. The van der Waals surface area contributed by atoms with E-state index in [0.29, 0.717) is 11.8 Å². The van der Waals surface area contributed by atoms with Gasteiger partial charge in [0.05, 0.1) is 6.42 Å². The standard InChI is InChI=1S/C15H16O2/c16-10-5-11(17)15-9-4-8(14(10)15)12-6-1-2-7(3-6)13(9)12/h6-9,14-15H,1-5H2. The highest BCUT2D eigenvalue weighted by molar-refractivity contribution is 6.10. The second-order valence-electron chi connectivity index (χ2n) is 6.73. The second kappa shape index (κ2) is 2.57. The zero-order valence-corrected chi connectivity index (χ0v) is 9.82. The molecule has 4 bridgehead atoms. The maximum absolute atomic E-state index is 12.0. The Morgan fingerprint density at radius 2 is 1.29 bits per heavy atom. The van der Waals surface area contributed by atoms with E-state index in [1.807, 2.05) is 0 Å². The van der Waals surface area contributed by atoms with Gasteiger partial charge in [-0.05, 0) is 49.4 Å². The highest BCUT2D eigenvalue weighted by Crippen LogP contribution is 2.68. The minimum Gasteiger partial charge on any atom is -0.299 e. The first-order valence-electron chi connectivity index (χ1n) is 7.05. The van der Waals surface area contributed by atoms with Gasteiger partial charge in [0.1, 0.15) is 11.6 Å². The largest absolute Gasteiger partial charge is 0.299 e. The van der Waals surface area contributed by atoms with Gasteiger partial charge in [-0.3, -0.25) is 9.59 Å². The minimum absolute atomic E-state index is 0.116. The van der Waals surface area contributed by atoms with Gasteiger partial charge in [0.15, 0.2) is 0 Å². The first-order chi connectivity index (χ1) is 8.25. The van der Waals surface area contributed by atoms with Crippen molar-refractivity contribution in [3.8, 4) is 0 Å². The molecule has 88 valence electrons. The van der Waals surface area contributed by atoms with Crippen LogP contribution in [-0.4, -0.2) is 11.6 Å². The molecule has 0 radical (unpaired) electrons. The van der Waals surface area contributed by atoms with E-state index in [1.165, 1.54) is 19.3 Å². The number of ketones is 2. The van der Waals surface area contributed by atoms with Crippen LogP contribution in [-0.2, 0) is 9.59 Å². The van der Waals surface area contributed by atoms with Gasteiger partial charge in [-0.1, -0.05) is 11.1 Å². The third-order valence-electron chi connectivity index (χ3n) is 6.30. The predicted molar refractivity (Wildman–Crippen MR) is 61.1 cm³/mol. The van der Waals surface area contributed by atoms with Gasteiger partial charge in [0.2, 0.25) is 0 Å². The Balaban J connectivity index is 1.69. The Morgan fingerprint density at radius 1 is 0.765 bits per heavy atom. The van der Waals surface area contributed by atoms with Crippen molar-refractivity contribution >= 4 is 11.6 Å². The van der Waals surface area contributed by atoms with Crippen LogP contribution >= 0.6 is 0 Å². The predicted octanol–water partition coefficient (Wildman–Crippen LogP) is 2.14. The number of allylic oxidation sites excluding steroid dienone is 2. The first kappa shape index (κ1) is 9.07. The number of carbonyl (C=O) groups is 2. The van der Waals surface area contributed by atoms with Crippen molar-refractivity contribution in [2.45, 2.75) is 32.1 Å². The van der Waals surface area contributed by atoms with Crippen LogP contribution in [0.1, 0.15) is 32.1 Å². The lowest BCUT2D eigenvalue weighted by Crippen LogP contribution is -2.29. The summed E-state index contributed by atoms with van der Waals surface area (Å²) in [4.78, 5) is 24.0. The molecule has 0 aromatic rings. The molecule has 0 aromatic carbocycles. The molecule has 0 aliphatic heterocycles. The fourth-order valence-corrected chi connectivity index (χ4v) is 6.02. The van der Waals surface area contributed by atoms with Gasteiger partial charge in [0, 0.05) is 11.8 Å². The van der Waals surface area contributed by atoms with Gasteiger partial charge in [-0.15, -0.1) is 0 Å². The van der Waals surface area contributed by atoms with Gasteiger partial charge < -0.3 is 0 Å². The first-order valence-corrected chi connectivity index (χ1v) is 7.05. The highest BCUT2D eigenvalue weighted by atomic mass is 16.2. The lowest BCUT2D eigenvalue weighted by molar-refractivity contribution is -0.123. The fourth-order valence-electron chi connectivity index (χ4n) is 6.02. The highest BCUT2D eigenvalue weighted by Gasteiger charge is 2.64. The van der Waals surface area contributed by atoms with E-state index in [2.05, 4.69) is 0 Å². The molecular formula is C15H16O2. The Hall–Kier alpha value is -0.920. The Bertz CT molecular complexity index is 459. The molecule has 0 heterocycles. The minimum atomic E-state index is 0.116. The van der Waals surface area contributed by atoms with E-state index in [-0.39, 0.29) is 29.8 Å². The summed E-state index contributed by atoms with van der Waals surface area (Å²) in [5.74, 6) is 3.35. The monoisotopic (exact) mass is 228 g/mol. The third kappa shape index (κ3) is 0.820. The Kier molecular flexibility index (Phi) is 1.37. The molecule has 5 rings (SSSR count). The van der Waals surface area contributed by atoms with Gasteiger partial charge in [-0.2, -0.15) is 0 Å². The Labute approximate surface area is 100 Å². The molecule has 2 heteroatoms. The maximum atomic E-state index is 12.0. The van der Waals surface area contributed by atoms with Crippen LogP contribution in [0.5, 0.6) is 0 Å². The van der Waals surface area contributed by atoms with E-state index in [1.54, 1.807) is 11.1 Å². The van der Waals surface area contributed by atoms with Crippen LogP contribution < -0.4 is 0 Å². The normalized spacial score (nSPS) is 53.9. The summed E-state index contributed by atoms with van der Waals surface area (Å²) in [6, 6.07) is 0. The third-order valence-corrected chi connectivity index (χ3v) is 6.30. The van der Waals surface area contributed by atoms with Gasteiger partial charge in [-0.25, -0.2) is 0 Å². The molecule has 6 atom stereocenters. The summed E-state index contributed by atoms with van der Waals surface area (Å²) in [5, 5.41) is 0. The molecule has 0 aromatic heterocycles. The zero-order chi connectivity index (χ0) is 11.3. The molecule has 3 fully saturated rings. The van der Waals surface area contributed by atoms with Crippen LogP contribution in [0.15, 0.2) is 11.1 Å². The molecular weight excluding hydrogens is 212 g/mol. The van der Waals surface area contributed by atoms with Crippen molar-refractivity contribution in [2.24, 2.45) is 35.5 Å². The number of fused-ring (bicyclic) bond motifs is 11. The molecule has 6 unspecified atom stereocenters. The number of hydrogen-bond donors (Lipinski definition) is 0. The molecule has 2 nitrogen and oxygen atoms in total. The maximum Gasteiger partial charge on any atom is 0.144 e. The molecule has 0 saturated heterocycles. The van der Waals surface area contributed by atoms with E-state index < -0.39 is 0 Å². The smallest absolute Gasteiger partial charge is 0.144 e. The SMILES string of the molecule is O=C1CC(=O)C2C3CC(C4=C3C3CCC4C3)C12. The lowest BCUT2D eigenvalue weighted by Gasteiger charge is -2.30. The fraction of sp³-hybridized carbons (Fsp3) is 0.733. The summed E-state index contributed by atoms with van der Waals surface area (Å²) in [6.07, 6.45) is 5.45. The van der Waals surface area contributed by atoms with Gasteiger partial charge in [0.25, 0.3) is 0 Å². The van der Waals surface area contributed by atoms with E-state index in [4.69, 9.17) is 0 Å². The molecule has 0 amide bonds. The van der Waals surface area contributed by atoms with Crippen molar-refractivity contribution in [2.75, 3.05) is 0 Å². The van der Waals surface area contributed by atoms with Crippen molar-refractivity contribution < 1.29 is 9.59 Å². The molecule has 0 spiro atoms. The lowest BCUT2D eigenvalue weighted by atomic mass is 9.72. The zero-order valence-electron chi connectivity index (χ0n) is 9.82. The molecule has 0 N–H and O–H groups in total. The van der Waals surface area contributed by atoms with Crippen molar-refractivity contribution in [3.05, 3.63) is 11.1 Å². The average molecular weight is 228 g/mol. The van der Waals surface area contributed by atoms with Crippen molar-refractivity contribution in [1.82, 2.24) is 0 Å². The van der Waals surface area contributed by atoms with E-state index in [9.17, 15) is 9.59 Å². The van der Waals surface area contributed by atoms with E-state index in [0.717, 1.165) is 18.3 Å². The summed E-state index contributed by atoms with van der Waals surface area (Å²) in [5.41, 5.74) is 3.35. The van der Waals surface area contributed by atoms with E-state index >= 15 is 0 Å². The molecule has 17 heavy (non-hydrogen) atoms. The molecule has 5 aliphatic carbocycles. The number of rotatable bonds is 0. The summed E-state index contributed by atoms with van der Waals surface area (Å²) in [6.45, 7) is 0. The summed E-state index contributed by atoms with van der Waals surface area (Å²) < 4.78 is 0. The second-order valence-corrected chi connectivity index (χ2v) is 6.73. The van der Waals surface area contributed by atoms with Crippen LogP contribution in [0.3, 0.4) is 0 Å². The van der Waals surface area contributed by atoms with Crippen LogP contribution in [0.2, 0.25) is 0 Å². The topological polar surface area (TPSA) is 34.1 Å². The van der Waals surface area contributed by atoms with Crippen molar-refractivity contribution in [1.29, 1.82) is 0 Å². The number of carbonyl (C=O) groups excluding carboxylic acids is 2. The molecule has 5 aliphatic rings. The Morgan fingerprint density at radius 3 is 1.82 bits per heavy atom. The van der Waals surface area contributed by atoms with Crippen LogP contribution in [0, 0.1) is 35.5 Å². The van der Waals surface area contributed by atoms with Gasteiger partial charge >= 0.3 is 0 Å². The van der Waals surface area contributed by atoms with Crippen LogP contribution in [0.4, 0.5) is 0 Å². The molecule has 3 saturated carbocycles. The summed E-state index contributed by atoms with van der Waals surface area (Å²) >= 11 is 0. The number of hydrogen-bond acceptors (Lipinski definition) is 2. The average Bonchev–Trinajstić information content (AvgIpc) is 3.03. The number of Topliss-reactive ketones (excluding diaryl/α,β-unsaturated/α-hetero) is 2. The quantitative estimate of drug-likeness (QED) is 0.361. The van der Waals surface area contributed by atoms with Crippen LogP contribution in [0.25, 0.3) is 0 Å². The van der Waals surface area contributed by atoms with Crippen molar-refractivity contribution in [3.63, 3.8) is 0 Å².